The number of fused-ring (bicyclic) bond motifs is 8. The van der Waals surface area contributed by atoms with Crippen LogP contribution in [0.5, 0.6) is 0 Å². The zero-order valence-electron chi connectivity index (χ0n) is 31.6. The maximum Gasteiger partial charge on any atom is 0.410 e. The number of hydrogen-bond acceptors (Lipinski definition) is 7. The van der Waals surface area contributed by atoms with Crippen LogP contribution in [0, 0.1) is 23.2 Å². The highest BCUT2D eigenvalue weighted by Crippen LogP contribution is 2.59. The van der Waals surface area contributed by atoms with Crippen LogP contribution in [-0.4, -0.2) is 70.6 Å². The van der Waals surface area contributed by atoms with E-state index in [0.717, 1.165) is 56.1 Å². The minimum absolute atomic E-state index is 0.0904. The van der Waals surface area contributed by atoms with Crippen LogP contribution in [0.4, 0.5) is 4.79 Å². The number of aliphatic hydroxyl groups excluding tert-OH is 1. The second-order valence-corrected chi connectivity index (χ2v) is 17.0. The number of carbonyl (C=O) groups is 2. The third-order valence-electron chi connectivity index (χ3n) is 13.0. The van der Waals surface area contributed by atoms with Crippen LogP contribution in [0.1, 0.15) is 138 Å². The van der Waals surface area contributed by atoms with Crippen LogP contribution in [-0.2, 0) is 15.9 Å². The van der Waals surface area contributed by atoms with Gasteiger partial charge in [0, 0.05) is 17.6 Å². The number of amides is 1. The smallest absolute Gasteiger partial charge is 0.410 e. The normalized spacial score (nSPS) is 33.1. The van der Waals surface area contributed by atoms with Crippen LogP contribution >= 0.6 is 0 Å². The summed E-state index contributed by atoms with van der Waals surface area (Å²) < 4.78 is 18.1. The lowest BCUT2D eigenvalue weighted by molar-refractivity contribution is -0.0908. The van der Waals surface area contributed by atoms with Crippen LogP contribution < -0.4 is 0 Å². The molecular formula is C43H61NO7. The minimum Gasteiger partial charge on any atom is -0.461 e. The number of nitrogens with zero attached hydrogens (tertiary/aromatic N) is 1. The molecule has 51 heavy (non-hydrogen) atoms. The van der Waals surface area contributed by atoms with Crippen molar-refractivity contribution < 1.29 is 33.7 Å². The van der Waals surface area contributed by atoms with Crippen molar-refractivity contribution in [1.82, 2.24) is 4.90 Å². The molecule has 1 saturated heterocycles. The van der Waals surface area contributed by atoms with Crippen molar-refractivity contribution in [3.05, 3.63) is 70.7 Å². The lowest BCUT2D eigenvalue weighted by Crippen LogP contribution is -2.55. The lowest BCUT2D eigenvalue weighted by atomic mass is 9.64. The van der Waals surface area contributed by atoms with Gasteiger partial charge in [0.2, 0.25) is 5.78 Å². The summed E-state index contributed by atoms with van der Waals surface area (Å²) in [5, 5.41) is 24.0. The van der Waals surface area contributed by atoms with Crippen LogP contribution in [0.15, 0.2) is 52.7 Å². The average Bonchev–Trinajstić information content (AvgIpc) is 3.86. The van der Waals surface area contributed by atoms with Crippen molar-refractivity contribution in [3.63, 3.8) is 0 Å². The van der Waals surface area contributed by atoms with E-state index in [-0.39, 0.29) is 42.3 Å². The highest BCUT2D eigenvalue weighted by molar-refractivity contribution is 6.08. The van der Waals surface area contributed by atoms with Gasteiger partial charge in [0.1, 0.15) is 6.10 Å². The van der Waals surface area contributed by atoms with Gasteiger partial charge in [0.25, 0.3) is 0 Å². The van der Waals surface area contributed by atoms with Crippen molar-refractivity contribution in [2.75, 3.05) is 19.7 Å². The molecule has 7 rings (SSSR count). The fraction of sp³-hybridized carbons (Fsp3) is 0.674. The highest BCUT2D eigenvalue weighted by Gasteiger charge is 2.58. The molecule has 3 fully saturated rings. The maximum absolute atomic E-state index is 14.3. The van der Waals surface area contributed by atoms with E-state index in [9.17, 15) is 19.8 Å². The molecule has 0 radical (unpaired) electrons. The Balaban J connectivity index is 1.36. The van der Waals surface area contributed by atoms with Gasteiger partial charge < -0.3 is 29.0 Å². The average molecular weight is 704 g/mol. The molecule has 2 heterocycles. The lowest BCUT2D eigenvalue weighted by Gasteiger charge is -2.46. The van der Waals surface area contributed by atoms with E-state index in [1.807, 2.05) is 18.2 Å². The molecule has 4 aliphatic carbocycles. The van der Waals surface area contributed by atoms with Crippen molar-refractivity contribution in [1.29, 1.82) is 0 Å². The number of furan rings is 1. The first-order chi connectivity index (χ1) is 24.4. The van der Waals surface area contributed by atoms with Gasteiger partial charge in [-0.1, -0.05) is 57.9 Å². The summed E-state index contributed by atoms with van der Waals surface area (Å²) in [5.41, 5.74) is 1.64. The van der Waals surface area contributed by atoms with Crippen molar-refractivity contribution >= 4 is 11.9 Å². The Morgan fingerprint density at radius 1 is 1.10 bits per heavy atom. The first kappa shape index (κ1) is 37.8. The van der Waals surface area contributed by atoms with Gasteiger partial charge in [0.15, 0.2) is 5.76 Å². The number of ether oxygens (including phenoxy) is 2. The van der Waals surface area contributed by atoms with Crippen molar-refractivity contribution in [2.24, 2.45) is 23.2 Å². The maximum atomic E-state index is 14.3. The molecule has 1 aromatic heterocycles. The number of benzene rings is 1. The molecule has 2 bridgehead atoms. The predicted molar refractivity (Wildman–Crippen MR) is 198 cm³/mol. The molecule has 2 N–H and O–H groups in total. The van der Waals surface area contributed by atoms with Gasteiger partial charge in [0.05, 0.1) is 37.2 Å². The number of rotatable bonds is 8. The molecule has 8 atom stereocenters. The molecule has 8 heteroatoms. The summed E-state index contributed by atoms with van der Waals surface area (Å²) in [6.07, 6.45) is 11.9. The topological polar surface area (TPSA) is 109 Å². The monoisotopic (exact) mass is 703 g/mol. The molecule has 2 saturated carbocycles. The Bertz CT molecular complexity index is 1530. The summed E-state index contributed by atoms with van der Waals surface area (Å²) in [7, 11) is 0. The second-order valence-electron chi connectivity index (χ2n) is 17.0. The fourth-order valence-corrected chi connectivity index (χ4v) is 9.74. The number of aliphatic hydroxyl groups is 2. The van der Waals surface area contributed by atoms with Gasteiger partial charge in [-0.15, -0.1) is 0 Å². The van der Waals surface area contributed by atoms with Gasteiger partial charge >= 0.3 is 6.09 Å². The van der Waals surface area contributed by atoms with Crippen LogP contribution in [0.2, 0.25) is 0 Å². The Kier molecular flexibility index (Phi) is 11.8. The number of allylic oxidation sites excluding steroid dienone is 2. The van der Waals surface area contributed by atoms with Crippen molar-refractivity contribution in [3.8, 4) is 0 Å². The summed E-state index contributed by atoms with van der Waals surface area (Å²) in [6, 6.07) is 9.40. The summed E-state index contributed by atoms with van der Waals surface area (Å²) in [6.45, 7) is 12.2. The third-order valence-corrected chi connectivity index (χ3v) is 13.0. The molecule has 5 aliphatic rings. The third kappa shape index (κ3) is 8.34. The molecule has 1 amide bonds. The van der Waals surface area contributed by atoms with Gasteiger partial charge in [-0.25, -0.2) is 4.79 Å². The molecule has 0 unspecified atom stereocenters. The van der Waals surface area contributed by atoms with E-state index in [0.29, 0.717) is 68.6 Å². The Morgan fingerprint density at radius 3 is 2.65 bits per heavy atom. The molecule has 0 spiro atoms. The van der Waals surface area contributed by atoms with Gasteiger partial charge in [-0.2, -0.15) is 0 Å². The SMILES string of the molecule is CC1=CCC[C@@]2(C)[C@@H](CC[C@@]2(O)CN(C[C@H]2CCCO2)C(=O)O[C@H]2C[C@@H](C)CC[C@@H]2C(C)C)c2ccc(cc2C(=O)c2ccco2)C[C@@H](O)CC1. The summed E-state index contributed by atoms with van der Waals surface area (Å²) >= 11 is 0. The Morgan fingerprint density at radius 2 is 1.92 bits per heavy atom. The van der Waals surface area contributed by atoms with E-state index in [2.05, 4.69) is 40.7 Å². The molecule has 280 valence electrons. The van der Waals surface area contributed by atoms with E-state index in [4.69, 9.17) is 13.9 Å². The van der Waals surface area contributed by atoms with E-state index < -0.39 is 17.1 Å². The molecule has 1 aliphatic heterocycles. The zero-order chi connectivity index (χ0) is 36.3. The van der Waals surface area contributed by atoms with Crippen LogP contribution in [0.3, 0.4) is 0 Å². The van der Waals surface area contributed by atoms with E-state index in [1.54, 1.807) is 17.0 Å². The predicted octanol–water partition coefficient (Wildman–Crippen LogP) is 8.63. The van der Waals surface area contributed by atoms with Gasteiger partial charge in [-0.05, 0) is 131 Å². The van der Waals surface area contributed by atoms with Crippen molar-refractivity contribution in [2.45, 2.75) is 141 Å². The van der Waals surface area contributed by atoms with E-state index in [1.165, 1.54) is 11.8 Å². The fourth-order valence-electron chi connectivity index (χ4n) is 9.74. The summed E-state index contributed by atoms with van der Waals surface area (Å²) in [5.74, 6) is 1.14. The first-order valence-electron chi connectivity index (χ1n) is 19.7. The molecule has 2 aromatic rings. The Hall–Kier alpha value is -2.94. The summed E-state index contributed by atoms with van der Waals surface area (Å²) in [4.78, 5) is 30.2. The largest absolute Gasteiger partial charge is 0.461 e. The van der Waals surface area contributed by atoms with E-state index >= 15 is 0 Å². The quantitative estimate of drug-likeness (QED) is 0.209. The Labute approximate surface area is 305 Å². The molecule has 8 nitrogen and oxygen atoms in total. The standard InChI is InChI=1S/C43H61NO7/c1-28(2)34-16-13-30(4)23-39(34)51-41(47)44(26-33-10-7-21-49-33)27-43(48)20-18-37-35-17-14-31(25-36(35)40(46)38-11-8-22-50-38)24-32(45)15-12-29(3)9-6-19-42(37,43)5/h8-9,11,14,17,22,25,28,30,32-34,37,39,45,48H,6-7,10,12-13,15-16,18-21,23-24,26-27H2,1-5H3/t30-,32-,33+,34+,37-,39-,42-,43+/m0/s1. The number of ketones is 1. The molecular weight excluding hydrogens is 642 g/mol. The second kappa shape index (κ2) is 16.0. The van der Waals surface area contributed by atoms with Gasteiger partial charge in [-0.3, -0.25) is 4.79 Å². The number of hydrogen-bond donors (Lipinski definition) is 2. The first-order valence-corrected chi connectivity index (χ1v) is 19.7. The van der Waals surface area contributed by atoms with Crippen LogP contribution in [0.25, 0.3) is 0 Å². The molecule has 1 aromatic carbocycles. The number of carbonyl (C=O) groups excluding carboxylic acids is 2. The minimum atomic E-state index is -1.24. The zero-order valence-corrected chi connectivity index (χ0v) is 31.6. The highest BCUT2D eigenvalue weighted by atomic mass is 16.6.